The van der Waals surface area contributed by atoms with Gasteiger partial charge < -0.3 is 9.64 Å². The first kappa shape index (κ1) is 13.5. The first-order chi connectivity index (χ1) is 8.50. The SMILES string of the molecule is COCc1nsc(N2CCC(C(F)(F)F)CC2)n1. The van der Waals surface area contributed by atoms with Crippen molar-refractivity contribution in [1.82, 2.24) is 9.36 Å². The zero-order chi connectivity index (χ0) is 13.2. The number of rotatable bonds is 3. The van der Waals surface area contributed by atoms with Crippen LogP contribution in [-0.4, -0.2) is 35.7 Å². The van der Waals surface area contributed by atoms with Crippen molar-refractivity contribution in [2.45, 2.75) is 25.6 Å². The Morgan fingerprint density at radius 3 is 2.61 bits per heavy atom. The topological polar surface area (TPSA) is 38.2 Å². The molecule has 2 heterocycles. The number of hydrogen-bond donors (Lipinski definition) is 0. The van der Waals surface area contributed by atoms with Gasteiger partial charge in [0.2, 0.25) is 5.13 Å². The van der Waals surface area contributed by atoms with Crippen LogP contribution in [0, 0.1) is 5.92 Å². The van der Waals surface area contributed by atoms with E-state index in [4.69, 9.17) is 4.74 Å². The Bertz CT molecular complexity index is 388. The lowest BCUT2D eigenvalue weighted by molar-refractivity contribution is -0.179. The summed E-state index contributed by atoms with van der Waals surface area (Å²) in [6.07, 6.45) is -3.82. The second kappa shape index (κ2) is 5.40. The van der Waals surface area contributed by atoms with E-state index >= 15 is 0 Å². The van der Waals surface area contributed by atoms with Crippen LogP contribution in [0.4, 0.5) is 18.3 Å². The highest BCUT2D eigenvalue weighted by atomic mass is 32.1. The number of nitrogens with zero attached hydrogens (tertiary/aromatic N) is 3. The monoisotopic (exact) mass is 281 g/mol. The molecule has 4 nitrogen and oxygen atoms in total. The largest absolute Gasteiger partial charge is 0.391 e. The molecule has 18 heavy (non-hydrogen) atoms. The maximum Gasteiger partial charge on any atom is 0.391 e. The van der Waals surface area contributed by atoms with Crippen molar-refractivity contribution in [1.29, 1.82) is 0 Å². The number of hydrogen-bond acceptors (Lipinski definition) is 5. The van der Waals surface area contributed by atoms with E-state index in [9.17, 15) is 13.2 Å². The minimum Gasteiger partial charge on any atom is -0.377 e. The molecule has 1 saturated heterocycles. The third kappa shape index (κ3) is 3.11. The molecule has 0 bridgehead atoms. The summed E-state index contributed by atoms with van der Waals surface area (Å²) in [4.78, 5) is 6.10. The van der Waals surface area contributed by atoms with Crippen LogP contribution in [0.2, 0.25) is 0 Å². The average molecular weight is 281 g/mol. The van der Waals surface area contributed by atoms with E-state index in [1.165, 1.54) is 11.5 Å². The molecular weight excluding hydrogens is 267 g/mol. The first-order valence-corrected chi connectivity index (χ1v) is 6.41. The highest BCUT2D eigenvalue weighted by Gasteiger charge is 2.41. The van der Waals surface area contributed by atoms with E-state index in [1.807, 2.05) is 4.90 Å². The van der Waals surface area contributed by atoms with Gasteiger partial charge in [-0.15, -0.1) is 0 Å². The molecular formula is C10H14F3N3OS. The Morgan fingerprint density at radius 2 is 2.06 bits per heavy atom. The number of ether oxygens (including phenoxy) is 1. The van der Waals surface area contributed by atoms with Gasteiger partial charge in [0, 0.05) is 31.7 Å². The number of anilines is 1. The lowest BCUT2D eigenvalue weighted by atomic mass is 9.97. The number of alkyl halides is 3. The van der Waals surface area contributed by atoms with Gasteiger partial charge in [0.15, 0.2) is 5.82 Å². The van der Waals surface area contributed by atoms with Gasteiger partial charge in [0.05, 0.1) is 5.92 Å². The molecule has 0 spiro atoms. The van der Waals surface area contributed by atoms with Crippen LogP contribution in [0.1, 0.15) is 18.7 Å². The maximum atomic E-state index is 12.5. The van der Waals surface area contributed by atoms with E-state index in [2.05, 4.69) is 9.36 Å². The van der Waals surface area contributed by atoms with Crippen LogP contribution in [0.15, 0.2) is 0 Å². The predicted octanol–water partition coefficient (Wildman–Crippen LogP) is 2.46. The van der Waals surface area contributed by atoms with Gasteiger partial charge in [-0.05, 0) is 12.8 Å². The molecule has 0 unspecified atom stereocenters. The molecule has 0 N–H and O–H groups in total. The van der Waals surface area contributed by atoms with Gasteiger partial charge >= 0.3 is 6.18 Å². The fourth-order valence-electron chi connectivity index (χ4n) is 1.96. The third-order valence-corrected chi connectivity index (χ3v) is 3.77. The highest BCUT2D eigenvalue weighted by Crippen LogP contribution is 2.35. The number of piperidine rings is 1. The van der Waals surface area contributed by atoms with Crippen molar-refractivity contribution in [2.75, 3.05) is 25.1 Å². The Balaban J connectivity index is 1.92. The molecule has 0 saturated carbocycles. The molecule has 0 aliphatic carbocycles. The van der Waals surface area contributed by atoms with Crippen molar-refractivity contribution < 1.29 is 17.9 Å². The predicted molar refractivity (Wildman–Crippen MR) is 61.6 cm³/mol. The minimum absolute atomic E-state index is 0.128. The first-order valence-electron chi connectivity index (χ1n) is 5.64. The molecule has 1 aromatic heterocycles. The molecule has 0 radical (unpaired) electrons. The van der Waals surface area contributed by atoms with Gasteiger partial charge in [0.1, 0.15) is 6.61 Å². The summed E-state index contributed by atoms with van der Waals surface area (Å²) in [6.45, 7) is 1.09. The van der Waals surface area contributed by atoms with Crippen molar-refractivity contribution in [3.8, 4) is 0 Å². The molecule has 1 aromatic rings. The van der Waals surface area contributed by atoms with Crippen LogP contribution < -0.4 is 4.90 Å². The molecule has 0 atom stereocenters. The number of halogens is 3. The molecule has 1 aliphatic heterocycles. The summed E-state index contributed by atoms with van der Waals surface area (Å²) < 4.78 is 46.5. The minimum atomic E-state index is -4.07. The summed E-state index contributed by atoms with van der Waals surface area (Å²) >= 11 is 1.21. The van der Waals surface area contributed by atoms with Crippen LogP contribution in [0.25, 0.3) is 0 Å². The summed E-state index contributed by atoms with van der Waals surface area (Å²) in [5, 5.41) is 0.683. The molecule has 1 fully saturated rings. The molecule has 0 aromatic carbocycles. The second-order valence-corrected chi connectivity index (χ2v) is 4.96. The van der Waals surface area contributed by atoms with Crippen LogP contribution in [-0.2, 0) is 11.3 Å². The summed E-state index contributed by atoms with van der Waals surface area (Å²) in [7, 11) is 1.55. The Morgan fingerprint density at radius 1 is 1.39 bits per heavy atom. The molecule has 102 valence electrons. The van der Waals surface area contributed by atoms with Crippen molar-refractivity contribution in [3.63, 3.8) is 0 Å². The normalized spacial score (nSPS) is 18.3. The summed E-state index contributed by atoms with van der Waals surface area (Å²) in [5.74, 6) is -0.601. The zero-order valence-corrected chi connectivity index (χ0v) is 10.7. The van der Waals surface area contributed by atoms with Crippen molar-refractivity contribution in [2.24, 2.45) is 5.92 Å². The standard InChI is InChI=1S/C10H14F3N3OS/c1-17-6-8-14-9(18-15-8)16-4-2-7(3-5-16)10(11,12)13/h7H,2-6H2,1H3. The van der Waals surface area contributed by atoms with E-state index < -0.39 is 12.1 Å². The molecule has 8 heteroatoms. The lowest BCUT2D eigenvalue weighted by Crippen LogP contribution is -2.38. The van der Waals surface area contributed by atoms with Gasteiger partial charge in [-0.2, -0.15) is 17.5 Å². The maximum absolute atomic E-state index is 12.5. The average Bonchev–Trinajstić information content (AvgIpc) is 2.77. The van der Waals surface area contributed by atoms with E-state index in [-0.39, 0.29) is 12.8 Å². The van der Waals surface area contributed by atoms with E-state index in [0.717, 1.165) is 0 Å². The second-order valence-electron chi connectivity index (χ2n) is 4.23. The fourth-order valence-corrected chi connectivity index (χ4v) is 2.68. The zero-order valence-electron chi connectivity index (χ0n) is 9.90. The van der Waals surface area contributed by atoms with Gasteiger partial charge in [0.25, 0.3) is 0 Å². The Labute approximate surface area is 107 Å². The van der Waals surface area contributed by atoms with Crippen LogP contribution in [0.3, 0.4) is 0 Å². The van der Waals surface area contributed by atoms with E-state index in [1.54, 1.807) is 7.11 Å². The highest BCUT2D eigenvalue weighted by molar-refractivity contribution is 7.09. The Hall–Kier alpha value is -0.890. The van der Waals surface area contributed by atoms with Gasteiger partial charge in [-0.3, -0.25) is 0 Å². The number of methoxy groups -OCH3 is 1. The van der Waals surface area contributed by atoms with Crippen LogP contribution in [0.5, 0.6) is 0 Å². The Kier molecular flexibility index (Phi) is 4.06. The van der Waals surface area contributed by atoms with E-state index in [0.29, 0.717) is 30.7 Å². The van der Waals surface area contributed by atoms with Crippen LogP contribution >= 0.6 is 11.5 Å². The van der Waals surface area contributed by atoms with Gasteiger partial charge in [-0.25, -0.2) is 4.98 Å². The smallest absolute Gasteiger partial charge is 0.377 e. The molecule has 2 rings (SSSR count). The quantitative estimate of drug-likeness (QED) is 0.853. The third-order valence-electron chi connectivity index (χ3n) is 2.96. The van der Waals surface area contributed by atoms with Crippen molar-refractivity contribution in [3.05, 3.63) is 5.82 Å². The molecule has 1 aliphatic rings. The summed E-state index contributed by atoms with van der Waals surface area (Å²) in [5.41, 5.74) is 0. The summed E-state index contributed by atoms with van der Waals surface area (Å²) in [6, 6.07) is 0. The van der Waals surface area contributed by atoms with Gasteiger partial charge in [-0.1, -0.05) is 0 Å². The number of aromatic nitrogens is 2. The van der Waals surface area contributed by atoms with Crippen molar-refractivity contribution >= 4 is 16.7 Å². The fraction of sp³-hybridized carbons (Fsp3) is 0.800. The molecule has 0 amide bonds. The lowest BCUT2D eigenvalue weighted by Gasteiger charge is -2.32.